The molecule has 0 bridgehead atoms. The van der Waals surface area contributed by atoms with Gasteiger partial charge in [-0.15, -0.1) is 0 Å². The number of piperidine rings is 1. The summed E-state index contributed by atoms with van der Waals surface area (Å²) in [4.78, 5) is 16.6. The topological polar surface area (TPSA) is 44.8 Å². The van der Waals surface area contributed by atoms with Crippen LogP contribution in [0.2, 0.25) is 0 Å². The second-order valence-corrected chi connectivity index (χ2v) is 5.76. The minimum Gasteiger partial charge on any atom is -0.376 e. The molecule has 2 aliphatic rings. The van der Waals surface area contributed by atoms with Crippen LogP contribution in [0.1, 0.15) is 39.5 Å². The number of nitrogens with zero attached hydrogens (tertiary/aromatic N) is 2. The van der Waals surface area contributed by atoms with Gasteiger partial charge in [-0.25, -0.2) is 4.79 Å². The Bertz CT molecular complexity index is 293. The maximum absolute atomic E-state index is 12.1. The number of urea groups is 1. The molecule has 1 atom stereocenters. The summed E-state index contributed by atoms with van der Waals surface area (Å²) in [6.45, 7) is 9.88. The lowest BCUT2D eigenvalue weighted by molar-refractivity contribution is 0.103. The van der Waals surface area contributed by atoms with E-state index in [0.29, 0.717) is 12.6 Å². The van der Waals surface area contributed by atoms with Crippen LogP contribution in [0.3, 0.4) is 0 Å². The van der Waals surface area contributed by atoms with Crippen molar-refractivity contribution in [3.05, 3.63) is 0 Å². The highest BCUT2D eigenvalue weighted by molar-refractivity contribution is 5.74. The molecule has 2 heterocycles. The molecule has 0 aliphatic carbocycles. The second kappa shape index (κ2) is 7.84. The molecule has 5 nitrogen and oxygen atoms in total. The molecular formula is C15H29N3O2. The zero-order valence-electron chi connectivity index (χ0n) is 12.9. The van der Waals surface area contributed by atoms with Crippen molar-refractivity contribution < 1.29 is 9.53 Å². The summed E-state index contributed by atoms with van der Waals surface area (Å²) in [5.41, 5.74) is 0. The number of amides is 2. The lowest BCUT2D eigenvalue weighted by Gasteiger charge is -2.37. The molecule has 20 heavy (non-hydrogen) atoms. The van der Waals surface area contributed by atoms with E-state index < -0.39 is 0 Å². The summed E-state index contributed by atoms with van der Waals surface area (Å²) in [6, 6.07) is 0.728. The molecule has 0 saturated carbocycles. The molecule has 2 aliphatic heterocycles. The molecule has 0 unspecified atom stereocenters. The van der Waals surface area contributed by atoms with Crippen LogP contribution < -0.4 is 5.32 Å². The third-order valence-electron chi connectivity index (χ3n) is 4.59. The van der Waals surface area contributed by atoms with Crippen molar-refractivity contribution >= 4 is 6.03 Å². The molecule has 0 aromatic rings. The SMILES string of the molecule is CCN(CC)C1CCN(C(=O)NC[C@@H]2CCCO2)CC1. The fourth-order valence-corrected chi connectivity index (χ4v) is 3.29. The molecule has 116 valence electrons. The number of ether oxygens (including phenoxy) is 1. The molecule has 2 fully saturated rings. The number of rotatable bonds is 5. The normalized spacial score (nSPS) is 24.4. The quantitative estimate of drug-likeness (QED) is 0.835. The summed E-state index contributed by atoms with van der Waals surface area (Å²) in [5, 5.41) is 3.01. The van der Waals surface area contributed by atoms with Crippen molar-refractivity contribution in [2.45, 2.75) is 51.7 Å². The molecule has 5 heteroatoms. The molecule has 0 radical (unpaired) electrons. The number of hydrogen-bond donors (Lipinski definition) is 1. The van der Waals surface area contributed by atoms with Gasteiger partial charge in [0.05, 0.1) is 6.10 Å². The number of hydrogen-bond acceptors (Lipinski definition) is 3. The first-order valence-electron chi connectivity index (χ1n) is 8.13. The van der Waals surface area contributed by atoms with E-state index in [1.165, 1.54) is 0 Å². The van der Waals surface area contributed by atoms with E-state index in [9.17, 15) is 4.79 Å². The maximum Gasteiger partial charge on any atom is 0.317 e. The van der Waals surface area contributed by atoms with Gasteiger partial charge in [-0.1, -0.05) is 13.8 Å². The van der Waals surface area contributed by atoms with Crippen LogP contribution in [-0.2, 0) is 4.74 Å². The van der Waals surface area contributed by atoms with E-state index in [4.69, 9.17) is 4.74 Å². The van der Waals surface area contributed by atoms with Gasteiger partial charge in [-0.3, -0.25) is 0 Å². The summed E-state index contributed by atoms with van der Waals surface area (Å²) in [5.74, 6) is 0. The third kappa shape index (κ3) is 4.09. The van der Waals surface area contributed by atoms with Gasteiger partial charge in [-0.05, 0) is 38.8 Å². The lowest BCUT2D eigenvalue weighted by atomic mass is 10.0. The lowest BCUT2D eigenvalue weighted by Crippen LogP contribution is -2.50. The average Bonchev–Trinajstić information content (AvgIpc) is 3.00. The highest BCUT2D eigenvalue weighted by Gasteiger charge is 2.26. The van der Waals surface area contributed by atoms with Crippen molar-refractivity contribution in [3.63, 3.8) is 0 Å². The number of nitrogens with one attached hydrogen (secondary N) is 1. The van der Waals surface area contributed by atoms with Gasteiger partial charge in [0.15, 0.2) is 0 Å². The van der Waals surface area contributed by atoms with E-state index in [1.807, 2.05) is 4.90 Å². The van der Waals surface area contributed by atoms with Gasteiger partial charge < -0.3 is 19.9 Å². The summed E-state index contributed by atoms with van der Waals surface area (Å²) >= 11 is 0. The Hall–Kier alpha value is -0.810. The minimum atomic E-state index is 0.0819. The zero-order valence-corrected chi connectivity index (χ0v) is 12.9. The van der Waals surface area contributed by atoms with Crippen LogP contribution in [-0.4, -0.2) is 67.3 Å². The van der Waals surface area contributed by atoms with Crippen LogP contribution in [0.5, 0.6) is 0 Å². The van der Waals surface area contributed by atoms with Crippen LogP contribution in [0.15, 0.2) is 0 Å². The molecule has 2 saturated heterocycles. The van der Waals surface area contributed by atoms with Crippen LogP contribution in [0.25, 0.3) is 0 Å². The van der Waals surface area contributed by atoms with Gasteiger partial charge in [0.2, 0.25) is 0 Å². The Morgan fingerprint density at radius 2 is 1.95 bits per heavy atom. The predicted octanol–water partition coefficient (Wildman–Crippen LogP) is 1.68. The second-order valence-electron chi connectivity index (χ2n) is 5.76. The molecule has 2 amide bonds. The first kappa shape index (κ1) is 15.6. The number of likely N-dealkylation sites (tertiary alicyclic amines) is 1. The monoisotopic (exact) mass is 283 g/mol. The first-order chi connectivity index (χ1) is 9.74. The standard InChI is InChI=1S/C15H29N3O2/c1-3-17(4-2)13-7-9-18(10-8-13)15(19)16-12-14-6-5-11-20-14/h13-14H,3-12H2,1-2H3,(H,16,19)/t14-/m0/s1. The van der Waals surface area contributed by atoms with E-state index in [0.717, 1.165) is 58.5 Å². The van der Waals surface area contributed by atoms with Gasteiger partial charge in [-0.2, -0.15) is 0 Å². The number of carbonyl (C=O) groups excluding carboxylic acids is 1. The highest BCUT2D eigenvalue weighted by atomic mass is 16.5. The van der Waals surface area contributed by atoms with Crippen molar-refractivity contribution in [2.75, 3.05) is 39.3 Å². The minimum absolute atomic E-state index is 0.0819. The molecule has 1 N–H and O–H groups in total. The first-order valence-corrected chi connectivity index (χ1v) is 8.13. The molecule has 0 aromatic carbocycles. The van der Waals surface area contributed by atoms with E-state index in [-0.39, 0.29) is 12.1 Å². The summed E-state index contributed by atoms with van der Waals surface area (Å²) in [7, 11) is 0. The Morgan fingerprint density at radius 1 is 1.25 bits per heavy atom. The van der Waals surface area contributed by atoms with Crippen molar-refractivity contribution in [1.82, 2.24) is 15.1 Å². The van der Waals surface area contributed by atoms with E-state index in [2.05, 4.69) is 24.1 Å². The smallest absolute Gasteiger partial charge is 0.317 e. The Labute approximate surface area is 122 Å². The van der Waals surface area contributed by atoms with E-state index in [1.54, 1.807) is 0 Å². The van der Waals surface area contributed by atoms with Crippen molar-refractivity contribution in [2.24, 2.45) is 0 Å². The van der Waals surface area contributed by atoms with Gasteiger partial charge >= 0.3 is 6.03 Å². The van der Waals surface area contributed by atoms with Gasteiger partial charge in [0.1, 0.15) is 0 Å². The van der Waals surface area contributed by atoms with Gasteiger partial charge in [0, 0.05) is 32.3 Å². The van der Waals surface area contributed by atoms with Crippen LogP contribution >= 0.6 is 0 Å². The van der Waals surface area contributed by atoms with E-state index >= 15 is 0 Å². The van der Waals surface area contributed by atoms with Crippen LogP contribution in [0, 0.1) is 0 Å². The third-order valence-corrected chi connectivity index (χ3v) is 4.59. The summed E-state index contributed by atoms with van der Waals surface area (Å²) < 4.78 is 5.53. The van der Waals surface area contributed by atoms with Crippen molar-refractivity contribution in [1.29, 1.82) is 0 Å². The Morgan fingerprint density at radius 3 is 2.50 bits per heavy atom. The zero-order chi connectivity index (χ0) is 14.4. The molecule has 0 aromatic heterocycles. The number of carbonyl (C=O) groups is 1. The fraction of sp³-hybridized carbons (Fsp3) is 0.933. The van der Waals surface area contributed by atoms with Crippen molar-refractivity contribution in [3.8, 4) is 0 Å². The van der Waals surface area contributed by atoms with Gasteiger partial charge in [0.25, 0.3) is 0 Å². The fourth-order valence-electron chi connectivity index (χ4n) is 3.29. The predicted molar refractivity (Wildman–Crippen MR) is 79.9 cm³/mol. The maximum atomic E-state index is 12.1. The molecule has 2 rings (SSSR count). The highest BCUT2D eigenvalue weighted by Crippen LogP contribution is 2.16. The Kier molecular flexibility index (Phi) is 6.10. The average molecular weight is 283 g/mol. The molecule has 0 spiro atoms. The summed E-state index contributed by atoms with van der Waals surface area (Å²) in [6.07, 6.45) is 4.61. The molecular weight excluding hydrogens is 254 g/mol. The largest absolute Gasteiger partial charge is 0.376 e. The van der Waals surface area contributed by atoms with Crippen LogP contribution in [0.4, 0.5) is 4.79 Å². The Balaban J connectivity index is 1.68.